The van der Waals surface area contributed by atoms with Gasteiger partial charge in [-0.05, 0) is 35.9 Å². The Morgan fingerprint density at radius 1 is 1.20 bits per heavy atom. The molecular formula is C15H10Br2FNO. The molecule has 2 nitrogen and oxygen atoms in total. The maximum Gasteiger partial charge on any atom is 0.196 e. The molecule has 3 aromatic rings. The largest absolute Gasteiger partial charge is 0.441 e. The average Bonchev–Trinajstić information content (AvgIpc) is 2.83. The summed E-state index contributed by atoms with van der Waals surface area (Å²) in [5.41, 5.74) is 2.44. The van der Waals surface area contributed by atoms with Crippen LogP contribution in [-0.4, -0.2) is 4.98 Å². The third-order valence-corrected chi connectivity index (χ3v) is 4.53. The summed E-state index contributed by atoms with van der Waals surface area (Å²) in [5, 5.41) is 0. The number of benzene rings is 2. The molecule has 1 unspecified atom stereocenters. The van der Waals surface area contributed by atoms with Gasteiger partial charge in [0, 0.05) is 15.7 Å². The number of rotatable bonds is 3. The van der Waals surface area contributed by atoms with Crippen LogP contribution in [0.3, 0.4) is 0 Å². The first-order chi connectivity index (χ1) is 9.63. The molecular weight excluding hydrogens is 389 g/mol. The lowest BCUT2D eigenvalue weighted by atomic mass is 10.1. The second-order valence-corrected chi connectivity index (χ2v) is 6.37. The molecule has 0 fully saturated rings. The Hall–Kier alpha value is -1.20. The summed E-state index contributed by atoms with van der Waals surface area (Å²) in [5.74, 6) is 0.370. The van der Waals surface area contributed by atoms with Crippen LogP contribution in [0, 0.1) is 5.82 Å². The molecule has 0 aliphatic rings. The normalized spacial score (nSPS) is 12.8. The van der Waals surface area contributed by atoms with Crippen LogP contribution in [0.25, 0.3) is 11.1 Å². The summed E-state index contributed by atoms with van der Waals surface area (Å²) in [7, 11) is 0. The number of hydrogen-bond acceptors (Lipinski definition) is 2. The molecule has 5 heteroatoms. The molecule has 0 saturated heterocycles. The van der Waals surface area contributed by atoms with Crippen molar-refractivity contribution in [1.82, 2.24) is 4.98 Å². The Balaban J connectivity index is 1.88. The summed E-state index contributed by atoms with van der Waals surface area (Å²) < 4.78 is 19.9. The lowest BCUT2D eigenvalue weighted by molar-refractivity contribution is 0.526. The van der Waals surface area contributed by atoms with Crippen molar-refractivity contribution in [1.29, 1.82) is 0 Å². The first kappa shape index (κ1) is 13.8. The Morgan fingerprint density at radius 2 is 2.00 bits per heavy atom. The van der Waals surface area contributed by atoms with Gasteiger partial charge in [-0.15, -0.1) is 0 Å². The summed E-state index contributed by atoms with van der Waals surface area (Å²) in [6.45, 7) is 0. The van der Waals surface area contributed by atoms with Gasteiger partial charge in [0.15, 0.2) is 11.5 Å². The smallest absolute Gasteiger partial charge is 0.196 e. The van der Waals surface area contributed by atoms with Crippen LogP contribution < -0.4 is 0 Å². The predicted molar refractivity (Wildman–Crippen MR) is 83.5 cm³/mol. The minimum absolute atomic E-state index is 0.0689. The molecule has 0 spiro atoms. The van der Waals surface area contributed by atoms with Gasteiger partial charge in [0.2, 0.25) is 0 Å². The molecule has 0 amide bonds. The standard InChI is InChI=1S/C15H10Br2FNO/c16-11-6-5-9(18)7-10(11)12(17)8-15-19-13-3-1-2-4-14(13)20-15/h1-7,12H,8H2. The highest BCUT2D eigenvalue weighted by Gasteiger charge is 2.16. The first-order valence-electron chi connectivity index (χ1n) is 6.07. The van der Waals surface area contributed by atoms with Crippen molar-refractivity contribution in [2.75, 3.05) is 0 Å². The van der Waals surface area contributed by atoms with Gasteiger partial charge < -0.3 is 4.42 Å². The Kier molecular flexibility index (Phi) is 3.89. The molecule has 20 heavy (non-hydrogen) atoms. The molecule has 0 radical (unpaired) electrons. The van der Waals surface area contributed by atoms with Gasteiger partial charge in [-0.2, -0.15) is 0 Å². The predicted octanol–water partition coefficient (Wildman–Crippen LogP) is 5.41. The minimum Gasteiger partial charge on any atom is -0.441 e. The summed E-state index contributed by atoms with van der Waals surface area (Å²) in [6, 6.07) is 12.2. The summed E-state index contributed by atoms with van der Waals surface area (Å²) >= 11 is 7.00. The molecule has 0 aliphatic carbocycles. The van der Waals surface area contributed by atoms with Gasteiger partial charge in [0.05, 0.1) is 0 Å². The van der Waals surface area contributed by atoms with Gasteiger partial charge in [-0.25, -0.2) is 9.37 Å². The van der Waals surface area contributed by atoms with Crippen LogP contribution in [0.15, 0.2) is 51.4 Å². The van der Waals surface area contributed by atoms with Crippen molar-refractivity contribution in [3.05, 3.63) is 64.2 Å². The Morgan fingerprint density at radius 3 is 2.80 bits per heavy atom. The maximum absolute atomic E-state index is 13.3. The van der Waals surface area contributed by atoms with Crippen LogP contribution in [0.5, 0.6) is 0 Å². The van der Waals surface area contributed by atoms with E-state index in [1.165, 1.54) is 12.1 Å². The molecule has 102 valence electrons. The number of fused-ring (bicyclic) bond motifs is 1. The first-order valence-corrected chi connectivity index (χ1v) is 7.78. The SMILES string of the molecule is Fc1ccc(Br)c(C(Br)Cc2nc3ccccc3o2)c1. The highest BCUT2D eigenvalue weighted by atomic mass is 79.9. The fraction of sp³-hybridized carbons (Fsp3) is 0.133. The molecule has 1 aromatic heterocycles. The zero-order valence-electron chi connectivity index (χ0n) is 10.3. The van der Waals surface area contributed by atoms with Gasteiger partial charge >= 0.3 is 0 Å². The quantitative estimate of drug-likeness (QED) is 0.551. The fourth-order valence-corrected chi connectivity index (χ4v) is 3.51. The molecule has 0 bridgehead atoms. The van der Waals surface area contributed by atoms with E-state index in [-0.39, 0.29) is 10.6 Å². The van der Waals surface area contributed by atoms with E-state index in [1.54, 1.807) is 6.07 Å². The monoisotopic (exact) mass is 397 g/mol. The van der Waals surface area contributed by atoms with E-state index in [4.69, 9.17) is 4.42 Å². The topological polar surface area (TPSA) is 26.0 Å². The van der Waals surface area contributed by atoms with Crippen molar-refractivity contribution in [2.45, 2.75) is 11.2 Å². The Bertz CT molecular complexity index is 723. The maximum atomic E-state index is 13.3. The second-order valence-electron chi connectivity index (χ2n) is 4.41. The highest BCUT2D eigenvalue weighted by Crippen LogP contribution is 2.33. The van der Waals surface area contributed by atoms with E-state index in [0.717, 1.165) is 21.1 Å². The Labute approximate surface area is 132 Å². The van der Waals surface area contributed by atoms with Gasteiger partial charge in [-0.1, -0.05) is 44.0 Å². The van der Waals surface area contributed by atoms with Crippen molar-refractivity contribution < 1.29 is 8.81 Å². The summed E-state index contributed by atoms with van der Waals surface area (Å²) in [4.78, 5) is 4.36. The van der Waals surface area contributed by atoms with Crippen LogP contribution in [0.2, 0.25) is 0 Å². The van der Waals surface area contributed by atoms with Gasteiger partial charge in [0.25, 0.3) is 0 Å². The number of hydrogen-bond donors (Lipinski definition) is 0. The number of aromatic nitrogens is 1. The second kappa shape index (κ2) is 5.66. The van der Waals surface area contributed by atoms with Crippen molar-refractivity contribution in [2.24, 2.45) is 0 Å². The molecule has 0 N–H and O–H groups in total. The van der Waals surface area contributed by atoms with Crippen molar-refractivity contribution in [3.8, 4) is 0 Å². The number of halogens is 3. The van der Waals surface area contributed by atoms with Crippen LogP contribution in [-0.2, 0) is 6.42 Å². The molecule has 1 heterocycles. The highest BCUT2D eigenvalue weighted by molar-refractivity contribution is 9.11. The van der Waals surface area contributed by atoms with E-state index in [9.17, 15) is 4.39 Å². The third-order valence-electron chi connectivity index (χ3n) is 2.99. The van der Waals surface area contributed by atoms with Crippen molar-refractivity contribution >= 4 is 43.0 Å². The lowest BCUT2D eigenvalue weighted by Crippen LogP contribution is -1.97. The number of nitrogens with zero attached hydrogens (tertiary/aromatic N) is 1. The molecule has 1 atom stereocenters. The van der Waals surface area contributed by atoms with E-state index in [0.29, 0.717) is 12.3 Å². The minimum atomic E-state index is -0.259. The van der Waals surface area contributed by atoms with E-state index in [1.807, 2.05) is 24.3 Å². The van der Waals surface area contributed by atoms with E-state index >= 15 is 0 Å². The van der Waals surface area contributed by atoms with Crippen molar-refractivity contribution in [3.63, 3.8) is 0 Å². The zero-order valence-corrected chi connectivity index (χ0v) is 13.5. The van der Waals surface area contributed by atoms with E-state index < -0.39 is 0 Å². The molecule has 0 aliphatic heterocycles. The number of oxazole rings is 1. The number of alkyl halides is 1. The zero-order chi connectivity index (χ0) is 14.1. The average molecular weight is 399 g/mol. The molecule has 3 rings (SSSR count). The molecule has 0 saturated carbocycles. The van der Waals surface area contributed by atoms with Crippen LogP contribution in [0.4, 0.5) is 4.39 Å². The number of para-hydroxylation sites is 2. The van der Waals surface area contributed by atoms with E-state index in [2.05, 4.69) is 36.8 Å². The fourth-order valence-electron chi connectivity index (χ4n) is 2.03. The van der Waals surface area contributed by atoms with Crippen LogP contribution >= 0.6 is 31.9 Å². The lowest BCUT2D eigenvalue weighted by Gasteiger charge is -2.10. The van der Waals surface area contributed by atoms with Crippen LogP contribution in [0.1, 0.15) is 16.3 Å². The third kappa shape index (κ3) is 2.79. The van der Waals surface area contributed by atoms with Gasteiger partial charge in [0.1, 0.15) is 11.3 Å². The van der Waals surface area contributed by atoms with Gasteiger partial charge in [-0.3, -0.25) is 0 Å². The summed E-state index contributed by atoms with van der Waals surface area (Å²) in [6.07, 6.45) is 0.552. The molecule has 2 aromatic carbocycles.